The maximum absolute atomic E-state index is 12.8. The fourth-order valence-electron chi connectivity index (χ4n) is 1.13. The summed E-state index contributed by atoms with van der Waals surface area (Å²) in [6.45, 7) is 0. The van der Waals surface area contributed by atoms with Gasteiger partial charge in [-0.05, 0) is 18.2 Å². The molecule has 0 bridgehead atoms. The highest BCUT2D eigenvalue weighted by Gasteiger charge is 2.15. The van der Waals surface area contributed by atoms with Crippen LogP contribution in [-0.2, 0) is 9.59 Å². The SMILES string of the molecule is O=C(O)CC(=O)Nc1ccc(F)cc1C(=O)O. The minimum atomic E-state index is -1.42. The first-order valence-electron chi connectivity index (χ1n) is 4.44. The zero-order valence-electron chi connectivity index (χ0n) is 8.44. The van der Waals surface area contributed by atoms with Gasteiger partial charge in [0.25, 0.3) is 0 Å². The molecule has 0 spiro atoms. The van der Waals surface area contributed by atoms with Gasteiger partial charge in [-0.25, -0.2) is 9.18 Å². The van der Waals surface area contributed by atoms with Crippen LogP contribution in [0.5, 0.6) is 0 Å². The largest absolute Gasteiger partial charge is 0.481 e. The number of amides is 1. The molecular formula is C10H8FNO5. The Bertz CT molecular complexity index is 486. The average Bonchev–Trinajstić information content (AvgIpc) is 2.19. The molecule has 1 aromatic rings. The van der Waals surface area contributed by atoms with Crippen LogP contribution in [0.1, 0.15) is 16.8 Å². The number of hydrogen-bond donors (Lipinski definition) is 3. The number of benzene rings is 1. The predicted octanol–water partition coefficient (Wildman–Crippen LogP) is 0.937. The van der Waals surface area contributed by atoms with Crippen molar-refractivity contribution in [3.63, 3.8) is 0 Å². The summed E-state index contributed by atoms with van der Waals surface area (Å²) in [4.78, 5) is 32.1. The van der Waals surface area contributed by atoms with Gasteiger partial charge < -0.3 is 15.5 Å². The fourth-order valence-corrected chi connectivity index (χ4v) is 1.13. The summed E-state index contributed by atoms with van der Waals surface area (Å²) < 4.78 is 12.8. The number of rotatable bonds is 4. The van der Waals surface area contributed by atoms with E-state index in [2.05, 4.69) is 5.32 Å². The van der Waals surface area contributed by atoms with Crippen LogP contribution in [0.2, 0.25) is 0 Å². The molecule has 6 nitrogen and oxygen atoms in total. The Labute approximate surface area is 94.7 Å². The third-order valence-corrected chi connectivity index (χ3v) is 1.80. The number of hydrogen-bond acceptors (Lipinski definition) is 3. The summed E-state index contributed by atoms with van der Waals surface area (Å²) in [5.74, 6) is -4.41. The number of carboxylic acids is 2. The van der Waals surface area contributed by atoms with Gasteiger partial charge in [0.15, 0.2) is 0 Å². The second-order valence-electron chi connectivity index (χ2n) is 3.11. The zero-order valence-corrected chi connectivity index (χ0v) is 8.44. The van der Waals surface area contributed by atoms with Crippen LogP contribution < -0.4 is 5.32 Å². The van der Waals surface area contributed by atoms with E-state index >= 15 is 0 Å². The predicted molar refractivity (Wildman–Crippen MR) is 54.2 cm³/mol. The highest BCUT2D eigenvalue weighted by atomic mass is 19.1. The van der Waals surface area contributed by atoms with E-state index in [4.69, 9.17) is 10.2 Å². The van der Waals surface area contributed by atoms with Gasteiger partial charge in [0.05, 0.1) is 11.3 Å². The summed E-state index contributed by atoms with van der Waals surface area (Å²) >= 11 is 0. The smallest absolute Gasteiger partial charge is 0.337 e. The van der Waals surface area contributed by atoms with Crippen molar-refractivity contribution in [1.82, 2.24) is 0 Å². The molecule has 0 saturated heterocycles. The van der Waals surface area contributed by atoms with E-state index in [9.17, 15) is 18.8 Å². The average molecular weight is 241 g/mol. The molecule has 0 fully saturated rings. The van der Waals surface area contributed by atoms with Crippen LogP contribution in [0.25, 0.3) is 0 Å². The highest BCUT2D eigenvalue weighted by Crippen LogP contribution is 2.17. The second kappa shape index (κ2) is 5.06. The molecule has 0 unspecified atom stereocenters. The summed E-state index contributed by atoms with van der Waals surface area (Å²) in [6, 6.07) is 2.75. The van der Waals surface area contributed by atoms with Gasteiger partial charge in [-0.2, -0.15) is 0 Å². The van der Waals surface area contributed by atoms with Crippen LogP contribution in [0, 0.1) is 5.82 Å². The van der Waals surface area contributed by atoms with Crippen LogP contribution in [-0.4, -0.2) is 28.1 Å². The summed E-state index contributed by atoms with van der Waals surface area (Å²) in [5.41, 5.74) is -0.589. The number of nitrogens with one attached hydrogen (secondary N) is 1. The monoisotopic (exact) mass is 241 g/mol. The molecular weight excluding hydrogens is 233 g/mol. The maximum Gasteiger partial charge on any atom is 0.337 e. The third-order valence-electron chi connectivity index (χ3n) is 1.80. The van der Waals surface area contributed by atoms with Crippen molar-refractivity contribution < 1.29 is 29.0 Å². The number of anilines is 1. The minimum Gasteiger partial charge on any atom is -0.481 e. The van der Waals surface area contributed by atoms with Crippen molar-refractivity contribution >= 4 is 23.5 Å². The van der Waals surface area contributed by atoms with Crippen LogP contribution in [0.3, 0.4) is 0 Å². The van der Waals surface area contributed by atoms with Crippen molar-refractivity contribution in [2.45, 2.75) is 6.42 Å². The lowest BCUT2D eigenvalue weighted by Gasteiger charge is -2.07. The van der Waals surface area contributed by atoms with Crippen molar-refractivity contribution in [1.29, 1.82) is 0 Å². The van der Waals surface area contributed by atoms with E-state index in [0.29, 0.717) is 0 Å². The van der Waals surface area contributed by atoms with Gasteiger partial charge in [0, 0.05) is 0 Å². The Hall–Kier alpha value is -2.44. The minimum absolute atomic E-state index is 0.148. The van der Waals surface area contributed by atoms with E-state index in [0.717, 1.165) is 18.2 Å². The van der Waals surface area contributed by atoms with Crippen LogP contribution in [0.15, 0.2) is 18.2 Å². The molecule has 0 atom stereocenters. The molecule has 0 heterocycles. The van der Waals surface area contributed by atoms with E-state index in [1.54, 1.807) is 0 Å². The van der Waals surface area contributed by atoms with Gasteiger partial charge in [0.1, 0.15) is 12.2 Å². The lowest BCUT2D eigenvalue weighted by molar-refractivity contribution is -0.139. The molecule has 0 aliphatic rings. The van der Waals surface area contributed by atoms with E-state index in [1.807, 2.05) is 0 Å². The summed E-state index contributed by atoms with van der Waals surface area (Å²) in [5, 5.41) is 19.2. The Morgan fingerprint density at radius 1 is 1.24 bits per heavy atom. The molecule has 17 heavy (non-hydrogen) atoms. The Morgan fingerprint density at radius 2 is 1.88 bits per heavy atom. The molecule has 1 rings (SSSR count). The number of halogens is 1. The highest BCUT2D eigenvalue weighted by molar-refractivity contribution is 6.05. The fraction of sp³-hybridized carbons (Fsp3) is 0.100. The molecule has 0 aliphatic carbocycles. The number of aromatic carboxylic acids is 1. The molecule has 1 aromatic carbocycles. The van der Waals surface area contributed by atoms with E-state index in [1.165, 1.54) is 0 Å². The van der Waals surface area contributed by atoms with Crippen molar-refractivity contribution in [2.24, 2.45) is 0 Å². The lowest BCUT2D eigenvalue weighted by atomic mass is 10.1. The quantitative estimate of drug-likeness (QED) is 0.680. The number of carboxylic acid groups (broad SMARTS) is 2. The summed E-state index contributed by atoms with van der Waals surface area (Å²) in [7, 11) is 0. The second-order valence-corrected chi connectivity index (χ2v) is 3.11. The van der Waals surface area contributed by atoms with Gasteiger partial charge in [-0.1, -0.05) is 0 Å². The van der Waals surface area contributed by atoms with Crippen LogP contribution >= 0.6 is 0 Å². The first-order valence-corrected chi connectivity index (χ1v) is 4.44. The van der Waals surface area contributed by atoms with Crippen molar-refractivity contribution in [2.75, 3.05) is 5.32 Å². The van der Waals surface area contributed by atoms with Crippen molar-refractivity contribution in [3.05, 3.63) is 29.6 Å². The number of carbonyl (C=O) groups excluding carboxylic acids is 1. The first-order chi connectivity index (χ1) is 7.90. The number of carbonyl (C=O) groups is 3. The van der Waals surface area contributed by atoms with Crippen LogP contribution in [0.4, 0.5) is 10.1 Å². The first kappa shape index (κ1) is 12.6. The lowest BCUT2D eigenvalue weighted by Crippen LogP contribution is -2.18. The van der Waals surface area contributed by atoms with Crippen molar-refractivity contribution in [3.8, 4) is 0 Å². The van der Waals surface area contributed by atoms with Gasteiger partial charge >= 0.3 is 11.9 Å². The van der Waals surface area contributed by atoms with Gasteiger partial charge in [-0.3, -0.25) is 9.59 Å². The Balaban J connectivity index is 2.94. The topological polar surface area (TPSA) is 104 Å². The van der Waals surface area contributed by atoms with Gasteiger partial charge in [-0.15, -0.1) is 0 Å². The molecule has 7 heteroatoms. The zero-order chi connectivity index (χ0) is 13.0. The molecule has 0 aromatic heterocycles. The molecule has 0 saturated carbocycles. The molecule has 0 radical (unpaired) electrons. The maximum atomic E-state index is 12.8. The normalized spacial score (nSPS) is 9.71. The van der Waals surface area contributed by atoms with Gasteiger partial charge in [0.2, 0.25) is 5.91 Å². The third kappa shape index (κ3) is 3.56. The van der Waals surface area contributed by atoms with E-state index in [-0.39, 0.29) is 5.69 Å². The molecule has 1 amide bonds. The number of aliphatic carboxylic acids is 1. The Morgan fingerprint density at radius 3 is 2.41 bits per heavy atom. The Kier molecular flexibility index (Phi) is 3.76. The summed E-state index contributed by atoms with van der Waals surface area (Å²) in [6.07, 6.45) is -0.795. The molecule has 90 valence electrons. The standard InChI is InChI=1S/C10H8FNO5/c11-5-1-2-7(6(3-5)10(16)17)12-8(13)4-9(14)15/h1-3H,4H2,(H,12,13)(H,14,15)(H,16,17). The molecule has 3 N–H and O–H groups in total. The van der Waals surface area contributed by atoms with E-state index < -0.39 is 35.6 Å². The molecule has 0 aliphatic heterocycles.